The van der Waals surface area contributed by atoms with E-state index in [-0.39, 0.29) is 0 Å². The van der Waals surface area contributed by atoms with Gasteiger partial charge >= 0.3 is 0 Å². The van der Waals surface area contributed by atoms with Gasteiger partial charge in [0.15, 0.2) is 12.2 Å². The zero-order chi connectivity index (χ0) is 12.8. The number of anilines is 1. The van der Waals surface area contributed by atoms with Crippen LogP contribution in [-0.2, 0) is 0 Å². The number of benzene rings is 1. The van der Waals surface area contributed by atoms with E-state index in [0.717, 1.165) is 23.6 Å². The Morgan fingerprint density at radius 1 is 1.28 bits per heavy atom. The third-order valence-electron chi connectivity index (χ3n) is 3.04. The lowest BCUT2D eigenvalue weighted by molar-refractivity contribution is 0.551. The molecule has 3 nitrogen and oxygen atoms in total. The second kappa shape index (κ2) is 6.24. The Morgan fingerprint density at radius 3 is 2.67 bits per heavy atom. The van der Waals surface area contributed by atoms with Crippen molar-refractivity contribution in [1.29, 1.82) is 0 Å². The molecule has 96 valence electrons. The molecular weight excluding hydrogens is 224 g/mol. The molecule has 0 saturated carbocycles. The highest BCUT2D eigenvalue weighted by molar-refractivity contribution is 5.60. The minimum Gasteiger partial charge on any atom is -0.444 e. The maximum atomic E-state index is 5.26. The molecular formula is C15H20N2O. The standard InChI is InChI=1S/C15H20N2O/c1-3-4-12(2)9-17-14-7-5-13(6-8-14)15-10-16-11-18-15/h5-8,10-12,17H,3-4,9H2,1-2H3. The van der Waals surface area contributed by atoms with Crippen LogP contribution < -0.4 is 5.32 Å². The van der Waals surface area contributed by atoms with Gasteiger partial charge in [0.05, 0.1) is 6.20 Å². The molecule has 0 aliphatic heterocycles. The van der Waals surface area contributed by atoms with Gasteiger partial charge in [0.1, 0.15) is 0 Å². The Kier molecular flexibility index (Phi) is 4.40. The predicted octanol–water partition coefficient (Wildman–Crippen LogP) is 4.19. The molecule has 2 aromatic rings. The Bertz CT molecular complexity index is 448. The average Bonchev–Trinajstić information content (AvgIpc) is 2.91. The maximum absolute atomic E-state index is 5.26. The van der Waals surface area contributed by atoms with E-state index in [1.165, 1.54) is 19.2 Å². The SMILES string of the molecule is CCCC(C)CNc1ccc(-c2cnco2)cc1. The first-order chi connectivity index (χ1) is 8.79. The normalized spacial score (nSPS) is 12.3. The third-order valence-corrected chi connectivity index (χ3v) is 3.04. The molecule has 0 bridgehead atoms. The summed E-state index contributed by atoms with van der Waals surface area (Å²) >= 11 is 0. The van der Waals surface area contributed by atoms with Crippen LogP contribution in [0.3, 0.4) is 0 Å². The van der Waals surface area contributed by atoms with Gasteiger partial charge in [-0.25, -0.2) is 4.98 Å². The predicted molar refractivity (Wildman–Crippen MR) is 74.5 cm³/mol. The van der Waals surface area contributed by atoms with Gasteiger partial charge in [-0.05, 0) is 36.6 Å². The minimum absolute atomic E-state index is 0.712. The molecule has 1 aromatic heterocycles. The lowest BCUT2D eigenvalue weighted by Crippen LogP contribution is -2.10. The number of rotatable bonds is 6. The highest BCUT2D eigenvalue weighted by atomic mass is 16.3. The molecule has 0 aliphatic carbocycles. The fourth-order valence-corrected chi connectivity index (χ4v) is 2.00. The molecule has 0 aliphatic rings. The van der Waals surface area contributed by atoms with Crippen molar-refractivity contribution < 1.29 is 4.42 Å². The van der Waals surface area contributed by atoms with Crippen LogP contribution in [0.2, 0.25) is 0 Å². The topological polar surface area (TPSA) is 38.1 Å². The van der Waals surface area contributed by atoms with Crippen LogP contribution in [0.25, 0.3) is 11.3 Å². The molecule has 0 amide bonds. The number of hydrogen-bond donors (Lipinski definition) is 1. The van der Waals surface area contributed by atoms with Crippen molar-refractivity contribution in [2.75, 3.05) is 11.9 Å². The van der Waals surface area contributed by atoms with Gasteiger partial charge in [0.2, 0.25) is 0 Å². The molecule has 3 heteroatoms. The largest absolute Gasteiger partial charge is 0.444 e. The summed E-state index contributed by atoms with van der Waals surface area (Å²) < 4.78 is 5.26. The minimum atomic E-state index is 0.712. The van der Waals surface area contributed by atoms with Crippen molar-refractivity contribution in [2.45, 2.75) is 26.7 Å². The van der Waals surface area contributed by atoms with E-state index < -0.39 is 0 Å². The van der Waals surface area contributed by atoms with E-state index in [4.69, 9.17) is 4.42 Å². The fourth-order valence-electron chi connectivity index (χ4n) is 2.00. The highest BCUT2D eigenvalue weighted by Crippen LogP contribution is 2.21. The van der Waals surface area contributed by atoms with Crippen LogP contribution in [0.5, 0.6) is 0 Å². The molecule has 0 spiro atoms. The first-order valence-corrected chi connectivity index (χ1v) is 6.52. The third kappa shape index (κ3) is 3.36. The molecule has 0 saturated heterocycles. The van der Waals surface area contributed by atoms with Gasteiger partial charge < -0.3 is 9.73 Å². The van der Waals surface area contributed by atoms with Crippen molar-refractivity contribution >= 4 is 5.69 Å². The number of nitrogens with one attached hydrogen (secondary N) is 1. The lowest BCUT2D eigenvalue weighted by atomic mass is 10.1. The molecule has 1 heterocycles. The highest BCUT2D eigenvalue weighted by Gasteiger charge is 2.02. The van der Waals surface area contributed by atoms with Crippen LogP contribution in [-0.4, -0.2) is 11.5 Å². The number of nitrogens with zero attached hydrogens (tertiary/aromatic N) is 1. The molecule has 1 atom stereocenters. The van der Waals surface area contributed by atoms with Gasteiger partial charge in [0.25, 0.3) is 0 Å². The van der Waals surface area contributed by atoms with Gasteiger partial charge in [-0.3, -0.25) is 0 Å². The van der Waals surface area contributed by atoms with Crippen molar-refractivity contribution in [1.82, 2.24) is 4.98 Å². The monoisotopic (exact) mass is 244 g/mol. The molecule has 1 unspecified atom stereocenters. The van der Waals surface area contributed by atoms with Crippen LogP contribution >= 0.6 is 0 Å². The van der Waals surface area contributed by atoms with Gasteiger partial charge in [-0.1, -0.05) is 20.3 Å². The summed E-state index contributed by atoms with van der Waals surface area (Å²) in [5, 5.41) is 3.46. The Hall–Kier alpha value is -1.77. The molecule has 1 N–H and O–H groups in total. The molecule has 18 heavy (non-hydrogen) atoms. The summed E-state index contributed by atoms with van der Waals surface area (Å²) in [6.07, 6.45) is 5.69. The smallest absolute Gasteiger partial charge is 0.181 e. The van der Waals surface area contributed by atoms with Crippen molar-refractivity contribution in [3.63, 3.8) is 0 Å². The first-order valence-electron chi connectivity index (χ1n) is 6.52. The zero-order valence-corrected chi connectivity index (χ0v) is 11.0. The van der Waals surface area contributed by atoms with Crippen molar-refractivity contribution in [3.05, 3.63) is 36.9 Å². The first kappa shape index (κ1) is 12.7. The second-order valence-electron chi connectivity index (χ2n) is 4.72. The zero-order valence-electron chi connectivity index (χ0n) is 11.0. The van der Waals surface area contributed by atoms with Crippen molar-refractivity contribution in [2.24, 2.45) is 5.92 Å². The molecule has 1 aromatic carbocycles. The molecule has 0 radical (unpaired) electrons. The number of aromatic nitrogens is 1. The molecule has 0 fully saturated rings. The Morgan fingerprint density at radius 2 is 2.06 bits per heavy atom. The van der Waals surface area contributed by atoms with E-state index in [1.54, 1.807) is 6.20 Å². The summed E-state index contributed by atoms with van der Waals surface area (Å²) in [5.41, 5.74) is 2.21. The van der Waals surface area contributed by atoms with Crippen LogP contribution in [0.1, 0.15) is 26.7 Å². The summed E-state index contributed by atoms with van der Waals surface area (Å²) in [6.45, 7) is 5.53. The number of hydrogen-bond acceptors (Lipinski definition) is 3. The van der Waals surface area contributed by atoms with Crippen LogP contribution in [0.4, 0.5) is 5.69 Å². The van der Waals surface area contributed by atoms with Gasteiger partial charge in [-0.15, -0.1) is 0 Å². The van der Waals surface area contributed by atoms with Gasteiger partial charge in [0, 0.05) is 17.8 Å². The van der Waals surface area contributed by atoms with E-state index in [2.05, 4.69) is 36.3 Å². The Labute approximate surface area is 108 Å². The van der Waals surface area contributed by atoms with Crippen LogP contribution in [0.15, 0.2) is 41.3 Å². The number of oxazole rings is 1. The maximum Gasteiger partial charge on any atom is 0.181 e. The fraction of sp³-hybridized carbons (Fsp3) is 0.400. The van der Waals surface area contributed by atoms with Crippen LogP contribution in [0, 0.1) is 5.92 Å². The average molecular weight is 244 g/mol. The van der Waals surface area contributed by atoms with E-state index >= 15 is 0 Å². The second-order valence-corrected chi connectivity index (χ2v) is 4.72. The van der Waals surface area contributed by atoms with Crippen molar-refractivity contribution in [3.8, 4) is 11.3 Å². The summed E-state index contributed by atoms with van der Waals surface area (Å²) in [4.78, 5) is 3.92. The summed E-state index contributed by atoms with van der Waals surface area (Å²) in [6, 6.07) is 8.26. The van der Waals surface area contributed by atoms with Gasteiger partial charge in [-0.2, -0.15) is 0 Å². The molecule has 2 rings (SSSR count). The van der Waals surface area contributed by atoms with E-state index in [1.807, 2.05) is 12.1 Å². The van der Waals surface area contributed by atoms with E-state index in [0.29, 0.717) is 5.92 Å². The lowest BCUT2D eigenvalue weighted by Gasteiger charge is -2.12. The summed E-state index contributed by atoms with van der Waals surface area (Å²) in [5.74, 6) is 1.52. The summed E-state index contributed by atoms with van der Waals surface area (Å²) in [7, 11) is 0. The van der Waals surface area contributed by atoms with E-state index in [9.17, 15) is 0 Å². The Balaban J connectivity index is 1.92. The quantitative estimate of drug-likeness (QED) is 0.828.